The Morgan fingerprint density at radius 2 is 1.89 bits per heavy atom. The monoisotopic (exact) mass is 125 g/mol. The van der Waals surface area contributed by atoms with Crippen LogP contribution in [-0.4, -0.2) is 12.3 Å². The molecule has 52 valence electrons. The molecule has 0 spiro atoms. The van der Waals surface area contributed by atoms with Crippen molar-refractivity contribution in [3.8, 4) is 0 Å². The summed E-state index contributed by atoms with van der Waals surface area (Å²) in [6.45, 7) is 3.22. The molecule has 0 saturated heterocycles. The lowest BCUT2D eigenvalue weighted by Gasteiger charge is -2.05. The molecular weight excluding hydrogens is 110 g/mol. The van der Waals surface area contributed by atoms with E-state index >= 15 is 0 Å². The zero-order valence-corrected chi connectivity index (χ0v) is 6.19. The second-order valence-corrected chi connectivity index (χ2v) is 2.78. The second-order valence-electron chi connectivity index (χ2n) is 2.78. The maximum atomic E-state index is 4.40. The van der Waals surface area contributed by atoms with Crippen LogP contribution in [0.15, 0.2) is 4.99 Å². The Labute approximate surface area is 57.2 Å². The predicted octanol–water partition coefficient (Wildman–Crippen LogP) is 2.41. The van der Waals surface area contributed by atoms with Gasteiger partial charge in [-0.2, -0.15) is 0 Å². The van der Waals surface area contributed by atoms with Gasteiger partial charge in [0.1, 0.15) is 0 Å². The summed E-state index contributed by atoms with van der Waals surface area (Å²) in [4.78, 5) is 4.40. The number of hydrogen-bond acceptors (Lipinski definition) is 1. The fourth-order valence-corrected chi connectivity index (χ4v) is 1.20. The molecule has 1 nitrogen and oxygen atoms in total. The molecule has 0 aromatic rings. The lowest BCUT2D eigenvalue weighted by molar-refractivity contribution is 0.643. The van der Waals surface area contributed by atoms with Gasteiger partial charge in [-0.1, -0.05) is 12.8 Å². The van der Waals surface area contributed by atoms with Gasteiger partial charge in [-0.3, -0.25) is 4.99 Å². The fourth-order valence-electron chi connectivity index (χ4n) is 1.20. The van der Waals surface area contributed by atoms with Gasteiger partial charge in [0.15, 0.2) is 0 Å². The number of nitrogens with zero attached hydrogens (tertiary/aromatic N) is 1. The van der Waals surface area contributed by atoms with Crippen molar-refractivity contribution >= 4 is 5.71 Å². The minimum atomic E-state index is 1.08. The Morgan fingerprint density at radius 1 is 1.11 bits per heavy atom. The third-order valence-corrected chi connectivity index (χ3v) is 1.83. The molecule has 1 aliphatic heterocycles. The lowest BCUT2D eigenvalue weighted by atomic mass is 10.1. The summed E-state index contributed by atoms with van der Waals surface area (Å²) in [6.07, 6.45) is 6.69. The molecule has 9 heavy (non-hydrogen) atoms. The van der Waals surface area contributed by atoms with E-state index < -0.39 is 0 Å². The molecule has 0 amide bonds. The van der Waals surface area contributed by atoms with Crippen LogP contribution >= 0.6 is 0 Å². The molecule has 0 aliphatic carbocycles. The predicted molar refractivity (Wildman–Crippen MR) is 41.1 cm³/mol. The Balaban J connectivity index is 2.32. The van der Waals surface area contributed by atoms with Crippen LogP contribution in [0.3, 0.4) is 0 Å². The third-order valence-electron chi connectivity index (χ3n) is 1.83. The molecule has 1 heteroatoms. The average molecular weight is 125 g/mol. The molecule has 0 aromatic carbocycles. The first-order valence-electron chi connectivity index (χ1n) is 3.89. The average Bonchev–Trinajstić information content (AvgIpc) is 1.79. The van der Waals surface area contributed by atoms with Crippen LogP contribution in [-0.2, 0) is 0 Å². The van der Waals surface area contributed by atoms with Crippen molar-refractivity contribution < 1.29 is 0 Å². The highest BCUT2D eigenvalue weighted by Crippen LogP contribution is 2.07. The van der Waals surface area contributed by atoms with Crippen molar-refractivity contribution in [2.75, 3.05) is 6.54 Å². The Hall–Kier alpha value is -0.330. The van der Waals surface area contributed by atoms with Gasteiger partial charge in [0, 0.05) is 12.3 Å². The highest BCUT2D eigenvalue weighted by Gasteiger charge is 1.96. The molecule has 1 rings (SSSR count). The van der Waals surface area contributed by atoms with Gasteiger partial charge in [0.05, 0.1) is 0 Å². The van der Waals surface area contributed by atoms with Crippen molar-refractivity contribution in [3.63, 3.8) is 0 Å². The second kappa shape index (κ2) is 3.65. The van der Waals surface area contributed by atoms with E-state index in [-0.39, 0.29) is 0 Å². The van der Waals surface area contributed by atoms with E-state index in [9.17, 15) is 0 Å². The van der Waals surface area contributed by atoms with E-state index in [4.69, 9.17) is 0 Å². The smallest absolute Gasteiger partial charge is 0.0388 e. The maximum Gasteiger partial charge on any atom is 0.0388 e. The highest BCUT2D eigenvalue weighted by molar-refractivity contribution is 5.81. The van der Waals surface area contributed by atoms with Crippen molar-refractivity contribution in [1.29, 1.82) is 0 Å². The van der Waals surface area contributed by atoms with Crippen LogP contribution in [0.4, 0.5) is 0 Å². The lowest BCUT2D eigenvalue weighted by Crippen LogP contribution is -1.97. The summed E-state index contributed by atoms with van der Waals surface area (Å²) in [5, 5.41) is 0. The molecule has 1 aliphatic rings. The molecule has 0 fully saturated rings. The van der Waals surface area contributed by atoms with Crippen LogP contribution in [0.5, 0.6) is 0 Å². The van der Waals surface area contributed by atoms with Gasteiger partial charge in [0.25, 0.3) is 0 Å². The van der Waals surface area contributed by atoms with Gasteiger partial charge < -0.3 is 0 Å². The fraction of sp³-hybridized carbons (Fsp3) is 0.875. The largest absolute Gasteiger partial charge is 0.294 e. The Morgan fingerprint density at radius 3 is 2.78 bits per heavy atom. The van der Waals surface area contributed by atoms with Crippen LogP contribution in [0.1, 0.15) is 39.0 Å². The maximum absolute atomic E-state index is 4.40. The standard InChI is InChI=1S/C8H15N/c1-8-6-4-2-3-5-7-9-8/h2-7H2,1H3/b9-8-. The van der Waals surface area contributed by atoms with E-state index in [0.717, 1.165) is 6.54 Å². The van der Waals surface area contributed by atoms with E-state index in [1.807, 2.05) is 0 Å². The van der Waals surface area contributed by atoms with Gasteiger partial charge in [-0.25, -0.2) is 0 Å². The summed E-state index contributed by atoms with van der Waals surface area (Å²) < 4.78 is 0. The van der Waals surface area contributed by atoms with Crippen molar-refractivity contribution in [1.82, 2.24) is 0 Å². The minimum Gasteiger partial charge on any atom is -0.294 e. The summed E-state index contributed by atoms with van der Waals surface area (Å²) in [5.74, 6) is 0. The molecule has 1 heterocycles. The van der Waals surface area contributed by atoms with E-state index in [0.29, 0.717) is 0 Å². The van der Waals surface area contributed by atoms with E-state index in [2.05, 4.69) is 11.9 Å². The SMILES string of the molecule is C/C1=N/CCCCCC1. The zero-order chi connectivity index (χ0) is 6.53. The molecule has 0 radical (unpaired) electrons. The summed E-state index contributed by atoms with van der Waals surface area (Å²) >= 11 is 0. The Bertz CT molecular complexity index is 105. The van der Waals surface area contributed by atoms with Crippen LogP contribution in [0.2, 0.25) is 0 Å². The zero-order valence-electron chi connectivity index (χ0n) is 6.19. The van der Waals surface area contributed by atoms with Crippen molar-refractivity contribution in [2.45, 2.75) is 39.0 Å². The molecule has 0 unspecified atom stereocenters. The summed E-state index contributed by atoms with van der Waals surface area (Å²) in [7, 11) is 0. The van der Waals surface area contributed by atoms with E-state index in [1.165, 1.54) is 37.8 Å². The minimum absolute atomic E-state index is 1.08. The highest BCUT2D eigenvalue weighted by atomic mass is 14.7. The first kappa shape index (κ1) is 6.79. The van der Waals surface area contributed by atoms with Crippen LogP contribution in [0.25, 0.3) is 0 Å². The first-order valence-corrected chi connectivity index (χ1v) is 3.89. The molecule has 0 saturated carbocycles. The number of rotatable bonds is 0. The third kappa shape index (κ3) is 2.64. The van der Waals surface area contributed by atoms with E-state index in [1.54, 1.807) is 0 Å². The molecule has 0 bridgehead atoms. The number of aliphatic imine (C=N–C) groups is 1. The quantitative estimate of drug-likeness (QED) is 0.471. The number of hydrogen-bond donors (Lipinski definition) is 0. The topological polar surface area (TPSA) is 12.4 Å². The van der Waals surface area contributed by atoms with Crippen molar-refractivity contribution in [3.05, 3.63) is 0 Å². The normalized spacial score (nSPS) is 27.9. The van der Waals surface area contributed by atoms with Gasteiger partial charge >= 0.3 is 0 Å². The molecule has 0 N–H and O–H groups in total. The van der Waals surface area contributed by atoms with Gasteiger partial charge in [-0.05, 0) is 26.2 Å². The molecule has 0 atom stereocenters. The molecule has 0 aromatic heterocycles. The molecular formula is C8H15N. The summed E-state index contributed by atoms with van der Waals surface area (Å²) in [5.41, 5.74) is 1.36. The Kier molecular flexibility index (Phi) is 2.75. The van der Waals surface area contributed by atoms with Gasteiger partial charge in [-0.15, -0.1) is 0 Å². The van der Waals surface area contributed by atoms with Gasteiger partial charge in [0.2, 0.25) is 0 Å². The van der Waals surface area contributed by atoms with Crippen molar-refractivity contribution in [2.24, 2.45) is 4.99 Å². The summed E-state index contributed by atoms with van der Waals surface area (Å²) in [6, 6.07) is 0. The van der Waals surface area contributed by atoms with Crippen LogP contribution in [0, 0.1) is 0 Å². The first-order chi connectivity index (χ1) is 4.39. The van der Waals surface area contributed by atoms with Crippen LogP contribution < -0.4 is 0 Å².